The molecule has 5 nitrogen and oxygen atoms in total. The Hall–Kier alpha value is -1.36. The van der Waals surface area contributed by atoms with E-state index in [0.717, 1.165) is 37.2 Å². The molecule has 1 aliphatic carbocycles. The molecule has 1 saturated carbocycles. The second kappa shape index (κ2) is 6.19. The summed E-state index contributed by atoms with van der Waals surface area (Å²) >= 11 is 0. The first-order chi connectivity index (χ1) is 9.10. The van der Waals surface area contributed by atoms with Crippen LogP contribution in [0.25, 0.3) is 0 Å². The molecule has 1 aromatic heterocycles. The zero-order valence-electron chi connectivity index (χ0n) is 12.1. The smallest absolute Gasteiger partial charge is 0.226 e. The van der Waals surface area contributed by atoms with E-state index in [1.54, 1.807) is 0 Å². The number of nitrogens with one attached hydrogen (secondary N) is 1. The summed E-state index contributed by atoms with van der Waals surface area (Å²) in [6.07, 6.45) is 4.78. The summed E-state index contributed by atoms with van der Waals surface area (Å²) < 4.78 is 0. The average Bonchev–Trinajstić information content (AvgIpc) is 2.41. The topological polar surface area (TPSA) is 61.3 Å². The van der Waals surface area contributed by atoms with Crippen molar-refractivity contribution in [3.05, 3.63) is 11.8 Å². The third-order valence-electron chi connectivity index (χ3n) is 3.59. The molecule has 2 N–H and O–H groups in total. The molecule has 0 aliphatic heterocycles. The van der Waals surface area contributed by atoms with Gasteiger partial charge < -0.3 is 15.3 Å². The summed E-state index contributed by atoms with van der Waals surface area (Å²) in [5.74, 6) is 1.54. The third-order valence-corrected chi connectivity index (χ3v) is 3.59. The summed E-state index contributed by atoms with van der Waals surface area (Å²) in [7, 11) is 3.88. The molecule has 0 saturated heterocycles. The normalized spacial score (nSPS) is 23.2. The van der Waals surface area contributed by atoms with Crippen molar-refractivity contribution < 1.29 is 5.11 Å². The largest absolute Gasteiger partial charge is 0.391 e. The van der Waals surface area contributed by atoms with Crippen LogP contribution in [0.5, 0.6) is 0 Å². The molecule has 1 aromatic rings. The lowest BCUT2D eigenvalue weighted by molar-refractivity contribution is 0.116. The van der Waals surface area contributed by atoms with Crippen LogP contribution in [-0.4, -0.2) is 41.3 Å². The highest BCUT2D eigenvalue weighted by Gasteiger charge is 2.23. The van der Waals surface area contributed by atoms with E-state index in [1.165, 1.54) is 6.42 Å². The molecule has 5 heteroatoms. The molecule has 106 valence electrons. The van der Waals surface area contributed by atoms with Crippen LogP contribution in [0.1, 0.15) is 38.3 Å². The van der Waals surface area contributed by atoms with E-state index in [2.05, 4.69) is 22.2 Å². The number of aliphatic hydroxyl groups is 1. The molecule has 0 unspecified atom stereocenters. The lowest BCUT2D eigenvalue weighted by Gasteiger charge is -2.29. The van der Waals surface area contributed by atoms with Crippen molar-refractivity contribution in [1.82, 2.24) is 9.97 Å². The first kappa shape index (κ1) is 14.1. The number of anilines is 2. The zero-order valence-corrected chi connectivity index (χ0v) is 12.1. The van der Waals surface area contributed by atoms with E-state index in [0.29, 0.717) is 5.95 Å². The van der Waals surface area contributed by atoms with Crippen molar-refractivity contribution in [3.8, 4) is 0 Å². The Bertz CT molecular complexity index is 422. The van der Waals surface area contributed by atoms with Crippen LogP contribution in [0.15, 0.2) is 6.07 Å². The highest BCUT2D eigenvalue weighted by atomic mass is 16.3. The van der Waals surface area contributed by atoms with Crippen LogP contribution in [0.4, 0.5) is 11.8 Å². The van der Waals surface area contributed by atoms with Gasteiger partial charge in [-0.1, -0.05) is 19.8 Å². The van der Waals surface area contributed by atoms with Crippen molar-refractivity contribution >= 4 is 11.8 Å². The van der Waals surface area contributed by atoms with Crippen LogP contribution in [0, 0.1) is 0 Å². The van der Waals surface area contributed by atoms with E-state index in [4.69, 9.17) is 0 Å². The molecule has 2 rings (SSSR count). The van der Waals surface area contributed by atoms with E-state index >= 15 is 0 Å². The van der Waals surface area contributed by atoms with E-state index in [-0.39, 0.29) is 12.1 Å². The number of rotatable bonds is 4. The molecular weight excluding hydrogens is 240 g/mol. The predicted molar refractivity (Wildman–Crippen MR) is 77.6 cm³/mol. The van der Waals surface area contributed by atoms with Crippen molar-refractivity contribution in [1.29, 1.82) is 0 Å². The van der Waals surface area contributed by atoms with Gasteiger partial charge in [-0.2, -0.15) is 4.98 Å². The van der Waals surface area contributed by atoms with Gasteiger partial charge in [-0.3, -0.25) is 0 Å². The minimum Gasteiger partial charge on any atom is -0.391 e. The molecule has 0 aromatic carbocycles. The van der Waals surface area contributed by atoms with Gasteiger partial charge in [0, 0.05) is 25.9 Å². The summed E-state index contributed by atoms with van der Waals surface area (Å²) in [5.41, 5.74) is 1.02. The number of aromatic nitrogens is 2. The maximum atomic E-state index is 10.0. The van der Waals surface area contributed by atoms with Crippen LogP contribution in [-0.2, 0) is 6.42 Å². The first-order valence-corrected chi connectivity index (χ1v) is 7.10. The van der Waals surface area contributed by atoms with Gasteiger partial charge in [0.15, 0.2) is 0 Å². The van der Waals surface area contributed by atoms with Gasteiger partial charge in [0.25, 0.3) is 0 Å². The zero-order chi connectivity index (χ0) is 13.8. The minimum atomic E-state index is -0.267. The second-order valence-electron chi connectivity index (χ2n) is 5.40. The van der Waals surface area contributed by atoms with Gasteiger partial charge in [-0.25, -0.2) is 4.98 Å². The van der Waals surface area contributed by atoms with Gasteiger partial charge in [0.1, 0.15) is 5.82 Å². The molecular formula is C14H24N4O. The molecule has 2 atom stereocenters. The van der Waals surface area contributed by atoms with Crippen LogP contribution in [0.3, 0.4) is 0 Å². The molecule has 1 heterocycles. The van der Waals surface area contributed by atoms with Crippen LogP contribution >= 0.6 is 0 Å². The number of hydrogen-bond acceptors (Lipinski definition) is 5. The fourth-order valence-corrected chi connectivity index (χ4v) is 2.41. The Balaban J connectivity index is 2.16. The molecule has 0 bridgehead atoms. The van der Waals surface area contributed by atoms with Gasteiger partial charge in [0.05, 0.1) is 12.1 Å². The fourth-order valence-electron chi connectivity index (χ4n) is 2.41. The van der Waals surface area contributed by atoms with E-state index in [9.17, 15) is 5.11 Å². The molecule has 0 amide bonds. The lowest BCUT2D eigenvalue weighted by Crippen LogP contribution is -2.36. The summed E-state index contributed by atoms with van der Waals surface area (Å²) in [6, 6.07) is 2.09. The van der Waals surface area contributed by atoms with Crippen LogP contribution in [0.2, 0.25) is 0 Å². The van der Waals surface area contributed by atoms with Gasteiger partial charge >= 0.3 is 0 Å². The minimum absolute atomic E-state index is 0.114. The van der Waals surface area contributed by atoms with Crippen molar-refractivity contribution in [2.24, 2.45) is 0 Å². The maximum Gasteiger partial charge on any atom is 0.226 e. The maximum absolute atomic E-state index is 10.0. The first-order valence-electron chi connectivity index (χ1n) is 7.10. The van der Waals surface area contributed by atoms with Gasteiger partial charge in [-0.15, -0.1) is 0 Å². The molecule has 1 aliphatic rings. The Labute approximate surface area is 115 Å². The monoisotopic (exact) mass is 264 g/mol. The summed E-state index contributed by atoms with van der Waals surface area (Å²) in [6.45, 7) is 2.08. The van der Waals surface area contributed by atoms with Crippen LogP contribution < -0.4 is 10.2 Å². The standard InChI is InChI=1S/C14H24N4O/c1-4-10-9-13(17-14(15-10)18(2)3)16-11-7-5-6-8-12(11)19/h9,11-12,19H,4-8H2,1-3H3,(H,15,16,17)/t11-,12-/m1/s1. The molecule has 0 spiro atoms. The Morgan fingerprint density at radius 3 is 2.68 bits per heavy atom. The Morgan fingerprint density at radius 2 is 2.05 bits per heavy atom. The number of aliphatic hydroxyl groups excluding tert-OH is 1. The van der Waals surface area contributed by atoms with Crippen molar-refractivity contribution in [3.63, 3.8) is 0 Å². The fraction of sp³-hybridized carbons (Fsp3) is 0.714. The molecule has 1 fully saturated rings. The van der Waals surface area contributed by atoms with E-state index < -0.39 is 0 Å². The Morgan fingerprint density at radius 1 is 1.32 bits per heavy atom. The second-order valence-corrected chi connectivity index (χ2v) is 5.40. The highest BCUT2D eigenvalue weighted by molar-refractivity contribution is 5.44. The van der Waals surface area contributed by atoms with Crippen molar-refractivity contribution in [2.45, 2.75) is 51.2 Å². The number of nitrogens with zero attached hydrogens (tertiary/aromatic N) is 3. The SMILES string of the molecule is CCc1cc(N[C@@H]2CCCC[C@H]2O)nc(N(C)C)n1. The summed E-state index contributed by atoms with van der Waals surface area (Å²) in [4.78, 5) is 10.9. The van der Waals surface area contributed by atoms with Crippen molar-refractivity contribution in [2.75, 3.05) is 24.3 Å². The highest BCUT2D eigenvalue weighted by Crippen LogP contribution is 2.22. The van der Waals surface area contributed by atoms with E-state index in [1.807, 2.05) is 25.1 Å². The summed E-state index contributed by atoms with van der Waals surface area (Å²) in [5, 5.41) is 13.4. The Kier molecular flexibility index (Phi) is 4.58. The van der Waals surface area contributed by atoms with Gasteiger partial charge in [-0.05, 0) is 19.3 Å². The lowest BCUT2D eigenvalue weighted by atomic mass is 9.92. The third kappa shape index (κ3) is 3.56. The molecule has 0 radical (unpaired) electrons. The average molecular weight is 264 g/mol. The predicted octanol–water partition coefficient (Wildman–Crippen LogP) is 1.82. The molecule has 19 heavy (non-hydrogen) atoms. The number of aryl methyl sites for hydroxylation is 1. The van der Waals surface area contributed by atoms with Gasteiger partial charge in [0.2, 0.25) is 5.95 Å². The quantitative estimate of drug-likeness (QED) is 0.868. The number of hydrogen-bond donors (Lipinski definition) is 2.